The number of ether oxygens (including phenoxy) is 38. The number of rotatable bonds is 116. The Balaban J connectivity index is 0. The van der Waals surface area contributed by atoms with E-state index >= 15 is 0 Å². The second-order valence-electron chi connectivity index (χ2n) is 27.8. The van der Waals surface area contributed by atoms with Crippen molar-refractivity contribution in [2.75, 3.05) is 515 Å². The van der Waals surface area contributed by atoms with Crippen molar-refractivity contribution >= 4 is 0 Å². The van der Waals surface area contributed by atoms with Crippen LogP contribution in [0, 0.1) is 0 Å². The highest BCUT2D eigenvalue weighted by Crippen LogP contribution is 2.14. The summed E-state index contributed by atoms with van der Waals surface area (Å²) in [4.78, 5) is 0. The SMILES string of the molecule is CCOCCOCCOCCOCCOCCOCCOCCOCCO.CCOCCOCCOCCOCCOCCOCCOCCOCCOCCOCCO.CCc1ccc(OCCOCCOCCOCCOCCOCCOCCOCCO)cc1.CCc1ccc(OCCOCCOCCOCCOCCOCCOCCOCCOCCOCCOCCOCCO)cc1. The summed E-state index contributed by atoms with van der Waals surface area (Å²) in [6.07, 6.45) is 2.05. The molecule has 42 nitrogen and oxygen atoms in total. The van der Waals surface area contributed by atoms with Gasteiger partial charge in [-0.25, -0.2) is 0 Å². The van der Waals surface area contributed by atoms with Crippen LogP contribution in [0.15, 0.2) is 48.5 Å². The molecule has 0 spiro atoms. The fourth-order valence-electron chi connectivity index (χ4n) is 9.87. The molecule has 0 aliphatic carbocycles. The molecule has 0 heterocycles. The van der Waals surface area contributed by atoms with Gasteiger partial charge >= 0.3 is 0 Å². The molecule has 0 bridgehead atoms. The minimum absolute atomic E-state index is 0.0254. The molecule has 0 fully saturated rings. The first kappa shape index (κ1) is 136. The first-order valence-electron chi connectivity index (χ1n) is 49.2. The molecule has 0 saturated carbocycles. The molecule has 4 N–H and O–H groups in total. The van der Waals surface area contributed by atoms with Crippen molar-refractivity contribution in [2.45, 2.75) is 40.5 Å². The molecule has 0 saturated heterocycles. The molecule has 2 aromatic rings. The molecular weight excluding hydrogens is 1830 g/mol. The Morgan fingerprint density at radius 3 is 0.312 bits per heavy atom. The van der Waals surface area contributed by atoms with Crippen molar-refractivity contribution in [1.29, 1.82) is 0 Å². The highest BCUT2D eigenvalue weighted by molar-refractivity contribution is 5.28. The standard InChI is InChI=1S/C32H58O13.C24H42O9.C22H46O11.C18H38O9/c1-2-31-3-5-32(6-4-31)45-30-29-44-28-27-43-26-25-42-24-23-41-22-21-40-20-19-39-18-17-38-16-15-37-14-13-36-12-11-35-10-9-34-8-7-33;1-2-23-3-5-24(6-4-23)33-22-21-32-20-19-31-18-17-30-16-15-29-14-13-28-12-11-27-10-9-26-8-7-25;1-2-24-5-6-26-9-10-28-13-14-30-17-18-32-21-22-33-20-19-31-16-15-29-12-11-27-8-7-25-4-3-23;1-2-20-5-6-22-9-10-24-13-14-26-17-18-27-16-15-25-12-11-23-8-7-21-4-3-19/h3-6,33H,2,7-30H2,1H3;3-6,25H,2,7-22H2,1H3;23H,2-22H2,1H3;19H,2-18H2,1H3. The van der Waals surface area contributed by atoms with Crippen LogP contribution in [0.1, 0.15) is 38.8 Å². The van der Waals surface area contributed by atoms with E-state index in [1.807, 2.05) is 38.1 Å². The van der Waals surface area contributed by atoms with Gasteiger partial charge in [-0.3, -0.25) is 0 Å². The van der Waals surface area contributed by atoms with Gasteiger partial charge in [0.05, 0.1) is 489 Å². The van der Waals surface area contributed by atoms with Crippen molar-refractivity contribution < 1.29 is 200 Å². The fourth-order valence-corrected chi connectivity index (χ4v) is 9.87. The summed E-state index contributed by atoms with van der Waals surface area (Å²) in [6.45, 7) is 46.6. The zero-order valence-corrected chi connectivity index (χ0v) is 84.5. The van der Waals surface area contributed by atoms with Gasteiger partial charge < -0.3 is 200 Å². The van der Waals surface area contributed by atoms with Crippen LogP contribution in [0.4, 0.5) is 0 Å². The maximum atomic E-state index is 8.58. The highest BCUT2D eigenvalue weighted by Gasteiger charge is 2.06. The van der Waals surface area contributed by atoms with E-state index in [1.165, 1.54) is 11.1 Å². The van der Waals surface area contributed by atoms with Crippen molar-refractivity contribution in [3.05, 3.63) is 59.7 Å². The summed E-state index contributed by atoms with van der Waals surface area (Å²) in [5.74, 6) is 1.72. The van der Waals surface area contributed by atoms with Gasteiger partial charge in [-0.2, -0.15) is 0 Å². The summed E-state index contributed by atoms with van der Waals surface area (Å²) in [7, 11) is 0. The largest absolute Gasteiger partial charge is 0.491 e. The maximum Gasteiger partial charge on any atom is 0.119 e. The van der Waals surface area contributed by atoms with Crippen LogP contribution in [-0.2, 0) is 183 Å². The number of aliphatic hydroxyl groups excluding tert-OH is 4. The minimum Gasteiger partial charge on any atom is -0.491 e. The number of hydrogen-bond acceptors (Lipinski definition) is 42. The van der Waals surface area contributed by atoms with E-state index in [2.05, 4.69) is 38.1 Å². The van der Waals surface area contributed by atoms with Crippen molar-refractivity contribution in [3.63, 3.8) is 0 Å². The summed E-state index contributed by atoms with van der Waals surface area (Å²) in [5.41, 5.74) is 2.60. The number of aryl methyl sites for hydroxylation is 2. The second-order valence-corrected chi connectivity index (χ2v) is 27.8. The van der Waals surface area contributed by atoms with E-state index in [4.69, 9.17) is 200 Å². The van der Waals surface area contributed by atoms with Gasteiger partial charge in [-0.05, 0) is 62.1 Å². The Morgan fingerprint density at radius 2 is 0.217 bits per heavy atom. The predicted molar refractivity (Wildman–Crippen MR) is 512 cm³/mol. The first-order chi connectivity index (χ1) is 68.6. The van der Waals surface area contributed by atoms with E-state index < -0.39 is 0 Å². The average molecular weight is 2010 g/mol. The summed E-state index contributed by atoms with van der Waals surface area (Å²) in [6, 6.07) is 16.2. The van der Waals surface area contributed by atoms with Crippen LogP contribution in [0.25, 0.3) is 0 Å². The van der Waals surface area contributed by atoms with E-state index in [0.717, 1.165) is 24.3 Å². The zero-order valence-electron chi connectivity index (χ0n) is 84.5. The van der Waals surface area contributed by atoms with E-state index in [1.54, 1.807) is 0 Å². The Hall–Kier alpha value is -3.56. The van der Waals surface area contributed by atoms with E-state index in [-0.39, 0.29) is 26.4 Å². The summed E-state index contributed by atoms with van der Waals surface area (Å²) < 4.78 is 204. The van der Waals surface area contributed by atoms with Gasteiger partial charge in [0, 0.05) is 13.2 Å². The molecular formula is C96H184O42. The van der Waals surface area contributed by atoms with Gasteiger partial charge in [-0.15, -0.1) is 0 Å². The number of hydrogen-bond donors (Lipinski definition) is 4. The normalized spacial score (nSPS) is 11.4. The minimum atomic E-state index is 0.0254. The van der Waals surface area contributed by atoms with Crippen LogP contribution in [0.5, 0.6) is 11.5 Å². The van der Waals surface area contributed by atoms with Gasteiger partial charge in [0.15, 0.2) is 0 Å². The fraction of sp³-hybridized carbons (Fsp3) is 0.875. The third-order valence-corrected chi connectivity index (χ3v) is 16.9. The van der Waals surface area contributed by atoms with Gasteiger partial charge in [0.25, 0.3) is 0 Å². The predicted octanol–water partition coefficient (Wildman–Crippen LogP) is 3.83. The van der Waals surface area contributed by atoms with Crippen LogP contribution in [0.2, 0.25) is 0 Å². The lowest BCUT2D eigenvalue weighted by atomic mass is 10.2. The lowest BCUT2D eigenvalue weighted by molar-refractivity contribution is -0.0280. The van der Waals surface area contributed by atoms with Crippen LogP contribution in [-0.4, -0.2) is 536 Å². The number of benzene rings is 2. The van der Waals surface area contributed by atoms with Gasteiger partial charge in [-0.1, -0.05) is 38.1 Å². The van der Waals surface area contributed by atoms with E-state index in [9.17, 15) is 0 Å². The first-order valence-corrected chi connectivity index (χ1v) is 49.2. The smallest absolute Gasteiger partial charge is 0.119 e. The van der Waals surface area contributed by atoms with Crippen LogP contribution >= 0.6 is 0 Å². The second kappa shape index (κ2) is 129. The summed E-state index contributed by atoms with van der Waals surface area (Å²) >= 11 is 0. The molecule has 0 unspecified atom stereocenters. The lowest BCUT2D eigenvalue weighted by Crippen LogP contribution is -2.15. The van der Waals surface area contributed by atoms with Crippen LogP contribution < -0.4 is 9.47 Å². The molecule has 0 aliphatic rings. The number of aliphatic hydroxyl groups is 4. The molecule has 2 rings (SSSR count). The Kier molecular flexibility index (Phi) is 128. The average Bonchev–Trinajstić information content (AvgIpc) is 0.924. The molecule has 138 heavy (non-hydrogen) atoms. The third-order valence-electron chi connectivity index (χ3n) is 16.9. The molecule has 0 atom stereocenters. The molecule has 2 aromatic carbocycles. The molecule has 0 amide bonds. The maximum absolute atomic E-state index is 8.58. The van der Waals surface area contributed by atoms with Gasteiger partial charge in [0.2, 0.25) is 0 Å². The molecule has 42 heteroatoms. The van der Waals surface area contributed by atoms with E-state index in [0.29, 0.717) is 489 Å². The Labute approximate surface area is 824 Å². The Morgan fingerprint density at radius 1 is 0.123 bits per heavy atom. The molecule has 820 valence electrons. The molecule has 0 aliphatic heterocycles. The topological polar surface area (TPSA) is 432 Å². The van der Waals surface area contributed by atoms with Crippen LogP contribution in [0.3, 0.4) is 0 Å². The quantitative estimate of drug-likeness (QED) is 0.0683. The summed E-state index contributed by atoms with van der Waals surface area (Å²) in [5, 5.41) is 34.2. The third kappa shape index (κ3) is 123. The van der Waals surface area contributed by atoms with Crippen molar-refractivity contribution in [2.24, 2.45) is 0 Å². The highest BCUT2D eigenvalue weighted by atomic mass is 16.6. The zero-order chi connectivity index (χ0) is 99.4. The lowest BCUT2D eigenvalue weighted by Gasteiger charge is -2.09. The Bertz CT molecular complexity index is 2370. The van der Waals surface area contributed by atoms with Crippen molar-refractivity contribution in [1.82, 2.24) is 0 Å². The molecule has 0 radical (unpaired) electrons. The monoisotopic (exact) mass is 2010 g/mol. The van der Waals surface area contributed by atoms with Gasteiger partial charge in [0.1, 0.15) is 24.7 Å². The van der Waals surface area contributed by atoms with Crippen molar-refractivity contribution in [3.8, 4) is 11.5 Å². The molecule has 0 aromatic heterocycles.